The molecule has 1 heterocycles. The predicted molar refractivity (Wildman–Crippen MR) is 100 cm³/mol. The summed E-state index contributed by atoms with van der Waals surface area (Å²) in [5.74, 6) is -0.899. The zero-order valence-electron chi connectivity index (χ0n) is 15.7. The van der Waals surface area contributed by atoms with Crippen molar-refractivity contribution in [1.82, 2.24) is 15.3 Å². The fraction of sp³-hybridized carbons (Fsp3) is 0.333. The van der Waals surface area contributed by atoms with Gasteiger partial charge in [0, 0.05) is 21.9 Å². The van der Waals surface area contributed by atoms with Gasteiger partial charge in [0.25, 0.3) is 0 Å². The Morgan fingerprint density at radius 3 is 2.57 bits per heavy atom. The molecule has 2 rings (SSSR count). The summed E-state index contributed by atoms with van der Waals surface area (Å²) in [6.07, 6.45) is -0.556. The minimum absolute atomic E-state index is 0.0178. The van der Waals surface area contributed by atoms with E-state index in [1.165, 1.54) is 18.3 Å². The Morgan fingerprint density at radius 1 is 1.21 bits per heavy atom. The molecular weight excluding hydrogens is 437 g/mol. The van der Waals surface area contributed by atoms with E-state index in [1.54, 1.807) is 33.8 Å². The van der Waals surface area contributed by atoms with E-state index < -0.39 is 30.2 Å². The Balaban J connectivity index is 2.05. The van der Waals surface area contributed by atoms with Crippen LogP contribution < -0.4 is 10.1 Å². The van der Waals surface area contributed by atoms with Gasteiger partial charge in [-0.15, -0.1) is 0 Å². The number of nitrogens with one attached hydrogen (secondary N) is 1. The Labute approximate surface area is 169 Å². The van der Waals surface area contributed by atoms with Crippen LogP contribution in [0.2, 0.25) is 0 Å². The third-order valence-electron chi connectivity index (χ3n) is 3.08. The first-order valence-electron chi connectivity index (χ1n) is 8.16. The van der Waals surface area contributed by atoms with Crippen molar-refractivity contribution in [3.63, 3.8) is 0 Å². The first-order chi connectivity index (χ1) is 13.0. The van der Waals surface area contributed by atoms with Gasteiger partial charge in [-0.05, 0) is 45.9 Å². The van der Waals surface area contributed by atoms with E-state index in [-0.39, 0.29) is 17.3 Å². The first kappa shape index (κ1) is 21.5. The van der Waals surface area contributed by atoms with Gasteiger partial charge in [0.15, 0.2) is 11.6 Å². The largest absolute Gasteiger partial charge is 0.444 e. The van der Waals surface area contributed by atoms with Gasteiger partial charge in [-0.25, -0.2) is 29.3 Å². The van der Waals surface area contributed by atoms with Crippen molar-refractivity contribution < 1.29 is 28.2 Å². The fourth-order valence-electron chi connectivity index (χ4n) is 1.92. The quantitative estimate of drug-likeness (QED) is 0.716. The van der Waals surface area contributed by atoms with Crippen molar-refractivity contribution in [2.75, 3.05) is 0 Å². The number of hydrogen-bond acceptors (Lipinski definition) is 7. The summed E-state index contributed by atoms with van der Waals surface area (Å²) < 4.78 is 30.3. The average Bonchev–Trinajstić information content (AvgIpc) is 2.55. The molecule has 0 radical (unpaired) electrons. The van der Waals surface area contributed by atoms with Crippen LogP contribution in [0.4, 0.5) is 14.0 Å². The van der Waals surface area contributed by atoms with Crippen molar-refractivity contribution in [1.29, 1.82) is 0 Å². The third-order valence-corrected chi connectivity index (χ3v) is 3.82. The molecule has 0 bridgehead atoms. The molecule has 2 aromatic rings. The highest BCUT2D eigenvalue weighted by molar-refractivity contribution is 9.10. The SMILES string of the molecule is Cc1ccnc(Oc2ccc(Br)c(COC(=O)NC(=O)OC(C)(C)C)c2F)n1. The van der Waals surface area contributed by atoms with E-state index in [9.17, 15) is 14.0 Å². The molecule has 1 aromatic heterocycles. The number of halogens is 2. The second kappa shape index (κ2) is 8.96. The summed E-state index contributed by atoms with van der Waals surface area (Å²) in [7, 11) is 0. The molecule has 1 aromatic carbocycles. The second-order valence-electron chi connectivity index (χ2n) is 6.62. The van der Waals surface area contributed by atoms with E-state index >= 15 is 0 Å². The van der Waals surface area contributed by atoms with Crippen molar-refractivity contribution in [3.05, 3.63) is 45.9 Å². The summed E-state index contributed by atoms with van der Waals surface area (Å²) in [5.41, 5.74) is -0.0994. The number of benzene rings is 1. The van der Waals surface area contributed by atoms with E-state index in [2.05, 4.69) is 25.9 Å². The smallest absolute Gasteiger partial charge is 0.417 e. The van der Waals surface area contributed by atoms with E-state index in [0.29, 0.717) is 10.2 Å². The Hall–Kier alpha value is -2.75. The van der Waals surface area contributed by atoms with Crippen molar-refractivity contribution in [2.45, 2.75) is 39.9 Å². The van der Waals surface area contributed by atoms with Crippen molar-refractivity contribution in [3.8, 4) is 11.8 Å². The number of carbonyl (C=O) groups excluding carboxylic acids is 2. The molecule has 0 spiro atoms. The number of nitrogens with zero attached hydrogens (tertiary/aromatic N) is 2. The zero-order valence-corrected chi connectivity index (χ0v) is 17.3. The molecule has 0 aliphatic carbocycles. The first-order valence-corrected chi connectivity index (χ1v) is 8.95. The lowest BCUT2D eigenvalue weighted by molar-refractivity contribution is 0.0505. The number of aromatic nitrogens is 2. The molecule has 8 nitrogen and oxygen atoms in total. The molecule has 0 fully saturated rings. The topological polar surface area (TPSA) is 99.6 Å². The van der Waals surface area contributed by atoms with Crippen LogP contribution in [0.1, 0.15) is 32.0 Å². The molecule has 0 aliphatic rings. The van der Waals surface area contributed by atoms with E-state index in [1.807, 2.05) is 5.32 Å². The van der Waals surface area contributed by atoms with Gasteiger partial charge in [0.2, 0.25) is 0 Å². The van der Waals surface area contributed by atoms with Crippen LogP contribution in [0.3, 0.4) is 0 Å². The van der Waals surface area contributed by atoms with Crippen LogP contribution in [0.15, 0.2) is 28.9 Å². The highest BCUT2D eigenvalue weighted by atomic mass is 79.9. The molecule has 150 valence electrons. The van der Waals surface area contributed by atoms with Crippen LogP contribution in [-0.2, 0) is 16.1 Å². The Kier molecular flexibility index (Phi) is 6.90. The number of ether oxygens (including phenoxy) is 3. The van der Waals surface area contributed by atoms with Gasteiger partial charge in [-0.2, -0.15) is 0 Å². The molecular formula is C18H19BrFN3O5. The minimum atomic E-state index is -1.08. The maximum absolute atomic E-state index is 14.7. The zero-order chi connectivity index (χ0) is 20.9. The van der Waals surface area contributed by atoms with Crippen molar-refractivity contribution in [2.24, 2.45) is 0 Å². The second-order valence-corrected chi connectivity index (χ2v) is 7.48. The summed E-state index contributed by atoms with van der Waals surface area (Å²) >= 11 is 3.19. The van der Waals surface area contributed by atoms with E-state index in [0.717, 1.165) is 0 Å². The molecule has 0 aliphatic heterocycles. The molecule has 2 amide bonds. The lowest BCUT2D eigenvalue weighted by Crippen LogP contribution is -2.36. The molecule has 28 heavy (non-hydrogen) atoms. The highest BCUT2D eigenvalue weighted by Crippen LogP contribution is 2.30. The van der Waals surface area contributed by atoms with Gasteiger partial charge >= 0.3 is 18.2 Å². The molecule has 0 unspecified atom stereocenters. The number of carbonyl (C=O) groups is 2. The molecule has 10 heteroatoms. The molecule has 0 saturated carbocycles. The highest BCUT2D eigenvalue weighted by Gasteiger charge is 2.20. The predicted octanol–water partition coefficient (Wildman–Crippen LogP) is 4.64. The third kappa shape index (κ3) is 6.45. The number of amides is 2. The Bertz CT molecular complexity index is 886. The van der Waals surface area contributed by atoms with Crippen LogP contribution >= 0.6 is 15.9 Å². The van der Waals surface area contributed by atoms with Gasteiger partial charge in [0.05, 0.1) is 0 Å². The van der Waals surface area contributed by atoms with Crippen LogP contribution in [0.5, 0.6) is 11.8 Å². The van der Waals surface area contributed by atoms with Gasteiger partial charge < -0.3 is 14.2 Å². The fourth-order valence-corrected chi connectivity index (χ4v) is 2.34. The van der Waals surface area contributed by atoms with Gasteiger partial charge in [0.1, 0.15) is 12.2 Å². The Morgan fingerprint density at radius 2 is 1.93 bits per heavy atom. The summed E-state index contributed by atoms with van der Waals surface area (Å²) in [4.78, 5) is 31.2. The number of aryl methyl sites for hydroxylation is 1. The maximum Gasteiger partial charge on any atom is 0.417 e. The molecule has 0 atom stereocenters. The average molecular weight is 456 g/mol. The lowest BCUT2D eigenvalue weighted by Gasteiger charge is -2.19. The summed E-state index contributed by atoms with van der Waals surface area (Å²) in [6.45, 7) is 6.23. The standard InChI is InChI=1S/C18H19BrFN3O5/c1-10-7-8-21-15(22-10)27-13-6-5-12(19)11(14(13)20)9-26-16(24)23-17(25)28-18(2,3)4/h5-8H,9H2,1-4H3,(H,23,24,25). The number of imide groups is 1. The van der Waals surface area contributed by atoms with Gasteiger partial charge in [-0.1, -0.05) is 15.9 Å². The normalized spacial score (nSPS) is 10.9. The van der Waals surface area contributed by atoms with Gasteiger partial charge in [-0.3, -0.25) is 0 Å². The number of alkyl carbamates (subject to hydrolysis) is 2. The monoisotopic (exact) mass is 455 g/mol. The number of hydrogen-bond donors (Lipinski definition) is 1. The molecule has 0 saturated heterocycles. The summed E-state index contributed by atoms with van der Waals surface area (Å²) in [5, 5.41) is 1.90. The van der Waals surface area contributed by atoms with Crippen LogP contribution in [-0.4, -0.2) is 27.8 Å². The minimum Gasteiger partial charge on any atom is -0.444 e. The summed E-state index contributed by atoms with van der Waals surface area (Å²) in [6, 6.07) is 4.57. The van der Waals surface area contributed by atoms with Crippen LogP contribution in [0.25, 0.3) is 0 Å². The van der Waals surface area contributed by atoms with E-state index in [4.69, 9.17) is 14.2 Å². The lowest BCUT2D eigenvalue weighted by atomic mass is 10.2. The number of rotatable bonds is 4. The molecule has 1 N–H and O–H groups in total. The maximum atomic E-state index is 14.7. The van der Waals surface area contributed by atoms with Crippen molar-refractivity contribution >= 4 is 28.1 Å². The van der Waals surface area contributed by atoms with Crippen LogP contribution in [0, 0.1) is 12.7 Å².